The highest BCUT2D eigenvalue weighted by Crippen LogP contribution is 2.51. The van der Waals surface area contributed by atoms with Crippen LogP contribution in [0.1, 0.15) is 94.2 Å². The van der Waals surface area contributed by atoms with Gasteiger partial charge in [-0.15, -0.1) is 0 Å². The van der Waals surface area contributed by atoms with Crippen molar-refractivity contribution >= 4 is 55.5 Å². The second-order valence-corrected chi connectivity index (χ2v) is 19.5. The number of piperidine rings is 1. The number of rotatable bonds is 10. The molecule has 3 amide bonds. The molecule has 1 atom stereocenters. The van der Waals surface area contributed by atoms with Crippen molar-refractivity contribution in [3.05, 3.63) is 81.9 Å². The van der Waals surface area contributed by atoms with Gasteiger partial charge in [-0.25, -0.2) is 18.6 Å². The molecule has 3 aromatic carbocycles. The summed E-state index contributed by atoms with van der Waals surface area (Å²) in [6.07, 6.45) is 10.1. The SMILES string of the molecule is CCN(C)S(=O)(=O)Nc1ccc(F)c(Oc2ccc3ncn(C4CCC5(CCN(C6CCC(c7cc8c(cc7F)c(N7CCC(=O)NC7=O)nn8C)CC6)CC5)C4)c(=O)c3c2)c1C#N. The molecular weight excluding hydrogens is 847 g/mol. The van der Waals surface area contributed by atoms with Crippen LogP contribution in [0.2, 0.25) is 0 Å². The number of nitrogens with one attached hydrogen (secondary N) is 2. The predicted octanol–water partition coefficient (Wildman–Crippen LogP) is 6.81. The molecule has 2 aliphatic carbocycles. The van der Waals surface area contributed by atoms with Crippen molar-refractivity contribution in [3.8, 4) is 17.6 Å². The quantitative estimate of drug-likeness (QED) is 0.151. The molecule has 4 aliphatic rings. The lowest BCUT2D eigenvalue weighted by molar-refractivity contribution is -0.120. The average Bonchev–Trinajstić information content (AvgIpc) is 3.84. The zero-order valence-electron chi connectivity index (χ0n) is 35.9. The van der Waals surface area contributed by atoms with Gasteiger partial charge in [0.1, 0.15) is 23.2 Å². The smallest absolute Gasteiger partial charge is 0.329 e. The van der Waals surface area contributed by atoms with E-state index in [2.05, 4.69) is 25.0 Å². The fourth-order valence-corrected chi connectivity index (χ4v) is 11.3. The van der Waals surface area contributed by atoms with Gasteiger partial charge in [0.15, 0.2) is 17.4 Å². The highest BCUT2D eigenvalue weighted by atomic mass is 32.2. The minimum absolute atomic E-state index is 0.0477. The van der Waals surface area contributed by atoms with Gasteiger partial charge in [0, 0.05) is 51.1 Å². The number of benzene rings is 3. The molecule has 5 aromatic rings. The van der Waals surface area contributed by atoms with E-state index >= 15 is 8.78 Å². The van der Waals surface area contributed by atoms with Crippen LogP contribution in [0.5, 0.6) is 11.5 Å². The van der Waals surface area contributed by atoms with Crippen molar-refractivity contribution in [1.29, 1.82) is 5.26 Å². The maximum Gasteiger partial charge on any atom is 0.329 e. The lowest BCUT2D eigenvalue weighted by Crippen LogP contribution is -2.49. The molecule has 2 aliphatic heterocycles. The Morgan fingerprint density at radius 3 is 2.45 bits per heavy atom. The van der Waals surface area contributed by atoms with Gasteiger partial charge in [0.05, 0.1) is 28.4 Å². The summed E-state index contributed by atoms with van der Waals surface area (Å²) in [4.78, 5) is 46.9. The van der Waals surface area contributed by atoms with Crippen molar-refractivity contribution < 1.29 is 31.5 Å². The molecule has 2 saturated heterocycles. The summed E-state index contributed by atoms with van der Waals surface area (Å²) in [5.41, 5.74) is 1.22. The third kappa shape index (κ3) is 7.96. The number of likely N-dealkylation sites (tertiary alicyclic amines) is 1. The first kappa shape index (κ1) is 43.3. The third-order valence-electron chi connectivity index (χ3n) is 14.1. The molecule has 0 radical (unpaired) electrons. The maximum absolute atomic E-state index is 15.8. The number of hydrogen-bond acceptors (Lipinski definition) is 10. The molecule has 1 unspecified atom stereocenters. The Kier molecular flexibility index (Phi) is 11.4. The monoisotopic (exact) mass is 896 g/mol. The minimum atomic E-state index is -4.01. The van der Waals surface area contributed by atoms with Crippen LogP contribution in [0.4, 0.5) is 25.1 Å². The first-order chi connectivity index (χ1) is 30.7. The predicted molar refractivity (Wildman–Crippen MR) is 235 cm³/mol. The van der Waals surface area contributed by atoms with Crippen LogP contribution >= 0.6 is 0 Å². The van der Waals surface area contributed by atoms with E-state index < -0.39 is 27.8 Å². The Labute approximate surface area is 368 Å². The molecule has 2 aromatic heterocycles. The van der Waals surface area contributed by atoms with Crippen LogP contribution in [-0.4, -0.2) is 88.2 Å². The molecule has 4 fully saturated rings. The summed E-state index contributed by atoms with van der Waals surface area (Å²) in [5.74, 6) is -1.49. The van der Waals surface area contributed by atoms with Crippen molar-refractivity contribution in [2.75, 3.05) is 42.8 Å². The van der Waals surface area contributed by atoms with Crippen molar-refractivity contribution in [1.82, 2.24) is 33.9 Å². The summed E-state index contributed by atoms with van der Waals surface area (Å²) < 4.78 is 69.0. The first-order valence-corrected chi connectivity index (χ1v) is 23.3. The second kappa shape index (κ2) is 16.9. The largest absolute Gasteiger partial charge is 0.453 e. The number of hydrogen-bond donors (Lipinski definition) is 2. The van der Waals surface area contributed by atoms with E-state index in [9.17, 15) is 28.1 Å². The van der Waals surface area contributed by atoms with Crippen LogP contribution in [-0.2, 0) is 22.1 Å². The van der Waals surface area contributed by atoms with Crippen molar-refractivity contribution in [2.45, 2.75) is 89.1 Å². The van der Waals surface area contributed by atoms with Gasteiger partial charge in [-0.1, -0.05) is 6.92 Å². The zero-order chi connectivity index (χ0) is 45.1. The molecule has 336 valence electrons. The van der Waals surface area contributed by atoms with E-state index in [-0.39, 0.29) is 76.6 Å². The minimum Gasteiger partial charge on any atom is -0.453 e. The number of carbonyl (C=O) groups is 2. The van der Waals surface area contributed by atoms with Gasteiger partial charge in [-0.05, 0) is 130 Å². The molecule has 4 heterocycles. The first-order valence-electron chi connectivity index (χ1n) is 21.8. The van der Waals surface area contributed by atoms with Gasteiger partial charge >= 0.3 is 16.2 Å². The number of fused-ring (bicyclic) bond motifs is 2. The van der Waals surface area contributed by atoms with Crippen LogP contribution in [0.3, 0.4) is 0 Å². The van der Waals surface area contributed by atoms with E-state index in [0.717, 1.165) is 92.8 Å². The van der Waals surface area contributed by atoms with E-state index in [1.165, 1.54) is 30.1 Å². The summed E-state index contributed by atoms with van der Waals surface area (Å²) in [6.45, 7) is 3.93. The normalized spacial score (nSPS) is 21.8. The van der Waals surface area contributed by atoms with Gasteiger partial charge in [-0.3, -0.25) is 33.8 Å². The van der Waals surface area contributed by atoms with E-state index in [4.69, 9.17) is 4.74 Å². The molecule has 9 rings (SSSR count). The van der Waals surface area contributed by atoms with Gasteiger partial charge < -0.3 is 9.64 Å². The number of nitrogens with zero attached hydrogens (tertiary/aromatic N) is 8. The molecule has 2 N–H and O–H groups in total. The fraction of sp³-hybridized carbons (Fsp3) is 0.467. The molecule has 19 heteroatoms. The van der Waals surface area contributed by atoms with E-state index in [0.29, 0.717) is 28.3 Å². The number of carbonyl (C=O) groups excluding carboxylic acids is 2. The van der Waals surface area contributed by atoms with Crippen LogP contribution < -0.4 is 25.2 Å². The number of nitriles is 1. The number of anilines is 2. The number of aromatic nitrogens is 4. The number of ether oxygens (including phenoxy) is 1. The van der Waals surface area contributed by atoms with Crippen LogP contribution in [0.25, 0.3) is 21.8 Å². The fourth-order valence-electron chi connectivity index (χ4n) is 10.3. The summed E-state index contributed by atoms with van der Waals surface area (Å²) in [6, 6.07) is 11.8. The van der Waals surface area contributed by atoms with E-state index in [1.807, 2.05) is 12.1 Å². The van der Waals surface area contributed by atoms with Gasteiger partial charge in [-0.2, -0.15) is 23.1 Å². The van der Waals surface area contributed by atoms with Crippen molar-refractivity contribution in [2.24, 2.45) is 12.5 Å². The second-order valence-electron chi connectivity index (χ2n) is 17.7. The van der Waals surface area contributed by atoms with Crippen LogP contribution in [0.15, 0.2) is 53.6 Å². The number of imide groups is 1. The average molecular weight is 897 g/mol. The Balaban J connectivity index is 0.834. The maximum atomic E-state index is 15.8. The topological polar surface area (TPSA) is 188 Å². The number of aryl methyl sites for hydroxylation is 1. The zero-order valence-corrected chi connectivity index (χ0v) is 36.8. The Hall–Kier alpha value is -5.97. The van der Waals surface area contributed by atoms with Crippen LogP contribution in [0, 0.1) is 28.4 Å². The summed E-state index contributed by atoms with van der Waals surface area (Å²) in [5, 5.41) is 17.6. The Morgan fingerprint density at radius 1 is 0.969 bits per heavy atom. The summed E-state index contributed by atoms with van der Waals surface area (Å²) >= 11 is 0. The molecule has 2 saturated carbocycles. The number of amides is 3. The van der Waals surface area contributed by atoms with E-state index in [1.54, 1.807) is 35.6 Å². The van der Waals surface area contributed by atoms with Gasteiger partial charge in [0.2, 0.25) is 5.91 Å². The lowest BCUT2D eigenvalue weighted by Gasteiger charge is -2.45. The molecule has 16 nitrogen and oxygen atoms in total. The molecular formula is C45H50F2N10O6S. The van der Waals surface area contributed by atoms with Crippen molar-refractivity contribution in [3.63, 3.8) is 0 Å². The number of urea groups is 1. The Morgan fingerprint density at radius 2 is 1.73 bits per heavy atom. The standard InChI is InChI=1S/C45H50F2N10O6S/c1-4-53(2)64(61,62)52-38-12-10-35(46)41(34(38)25-48)63-30-9-11-37-32(21-30)43(59)57(26-49-37)29-13-15-45(24-29)16-19-55(20-17-45)28-7-5-27(6-8-28)31-23-39-33(22-36(31)47)42(51-54(39)3)56-18-14-40(58)50-44(56)60/h9-12,21-23,26-29,52H,4-8,13-20,24H2,1-3H3,(H,50,58,60). The highest BCUT2D eigenvalue weighted by molar-refractivity contribution is 7.90. The summed E-state index contributed by atoms with van der Waals surface area (Å²) in [7, 11) is -0.864. The third-order valence-corrected chi connectivity index (χ3v) is 15.7. The molecule has 64 heavy (non-hydrogen) atoms. The van der Waals surface area contributed by atoms with Gasteiger partial charge in [0.25, 0.3) is 5.56 Å². The molecule has 0 bridgehead atoms. The molecule has 1 spiro atoms. The lowest BCUT2D eigenvalue weighted by atomic mass is 9.75. The Bertz CT molecular complexity index is 2900. The highest BCUT2D eigenvalue weighted by Gasteiger charge is 2.44. The number of halogens is 2.